The fourth-order valence-corrected chi connectivity index (χ4v) is 1.75. The minimum Gasteiger partial charge on any atom is -0.395 e. The van der Waals surface area contributed by atoms with E-state index in [0.717, 1.165) is 12.3 Å². The van der Waals surface area contributed by atoms with Crippen LogP contribution in [0.25, 0.3) is 0 Å². The van der Waals surface area contributed by atoms with E-state index in [9.17, 15) is 14.9 Å². The number of aliphatic hydroxyl groups excluding tert-OH is 1. The Hall–Kier alpha value is -1.73. The molecule has 0 spiro atoms. The van der Waals surface area contributed by atoms with Gasteiger partial charge in [-0.1, -0.05) is 18.5 Å². The Morgan fingerprint density at radius 3 is 2.79 bits per heavy atom. The summed E-state index contributed by atoms with van der Waals surface area (Å²) in [6.45, 7) is 2.26. The molecule has 0 unspecified atom stereocenters. The van der Waals surface area contributed by atoms with Gasteiger partial charge in [0.15, 0.2) is 0 Å². The summed E-state index contributed by atoms with van der Waals surface area (Å²) >= 11 is 5.80. The molecule has 8 heteroatoms. The predicted molar refractivity (Wildman–Crippen MR) is 69.2 cm³/mol. The van der Waals surface area contributed by atoms with Gasteiger partial charge in [-0.2, -0.15) is 0 Å². The van der Waals surface area contributed by atoms with Crippen LogP contribution in [-0.4, -0.2) is 45.5 Å². The minimum absolute atomic E-state index is 0.0298. The Bertz CT molecular complexity index is 475. The fourth-order valence-electron chi connectivity index (χ4n) is 1.56. The molecule has 0 aliphatic heterocycles. The van der Waals surface area contributed by atoms with E-state index in [2.05, 4.69) is 4.98 Å². The smallest absolute Gasteiger partial charge is 0.288 e. The summed E-state index contributed by atoms with van der Waals surface area (Å²) in [4.78, 5) is 27.2. The summed E-state index contributed by atoms with van der Waals surface area (Å²) in [5, 5.41) is 19.5. The van der Waals surface area contributed by atoms with E-state index >= 15 is 0 Å². The molecule has 0 atom stereocenters. The Labute approximate surface area is 115 Å². The molecule has 1 aromatic heterocycles. The third-order valence-corrected chi connectivity index (χ3v) is 2.72. The number of pyridine rings is 1. The number of aliphatic hydroxyl groups is 1. The van der Waals surface area contributed by atoms with Crippen LogP contribution in [0.1, 0.15) is 23.7 Å². The average Bonchev–Trinajstić information content (AvgIpc) is 2.38. The monoisotopic (exact) mass is 287 g/mol. The van der Waals surface area contributed by atoms with Crippen molar-refractivity contribution >= 4 is 23.2 Å². The van der Waals surface area contributed by atoms with Gasteiger partial charge in [-0.05, 0) is 6.42 Å². The van der Waals surface area contributed by atoms with Gasteiger partial charge in [0.1, 0.15) is 11.3 Å². The molecule has 7 nitrogen and oxygen atoms in total. The number of halogens is 1. The predicted octanol–water partition coefficient (Wildman–Crippen LogP) is 1.49. The van der Waals surface area contributed by atoms with Crippen LogP contribution in [0.4, 0.5) is 5.69 Å². The number of hydrogen-bond acceptors (Lipinski definition) is 5. The SMILES string of the molecule is CCCN(CCO)C(=O)c1cc([N+](=O)[O-])cnc1Cl. The number of carbonyl (C=O) groups is 1. The third-order valence-electron chi connectivity index (χ3n) is 2.42. The molecule has 0 saturated carbocycles. The molecule has 0 radical (unpaired) electrons. The first-order valence-electron chi connectivity index (χ1n) is 5.71. The first kappa shape index (κ1) is 15.3. The number of carbonyl (C=O) groups excluding carboxylic acids is 1. The number of hydrogen-bond donors (Lipinski definition) is 1. The van der Waals surface area contributed by atoms with Gasteiger partial charge in [-0.25, -0.2) is 4.98 Å². The second-order valence-electron chi connectivity index (χ2n) is 3.80. The lowest BCUT2D eigenvalue weighted by Crippen LogP contribution is -2.34. The molecule has 1 aromatic rings. The first-order valence-corrected chi connectivity index (χ1v) is 6.09. The van der Waals surface area contributed by atoms with Crippen molar-refractivity contribution in [2.75, 3.05) is 19.7 Å². The number of nitro groups is 1. The van der Waals surface area contributed by atoms with Gasteiger partial charge in [0.25, 0.3) is 11.6 Å². The van der Waals surface area contributed by atoms with Crippen LogP contribution in [0, 0.1) is 10.1 Å². The van der Waals surface area contributed by atoms with Crippen molar-refractivity contribution in [3.63, 3.8) is 0 Å². The second-order valence-corrected chi connectivity index (χ2v) is 4.16. The molecule has 0 aliphatic rings. The van der Waals surface area contributed by atoms with Gasteiger partial charge in [0, 0.05) is 19.2 Å². The van der Waals surface area contributed by atoms with Gasteiger partial charge < -0.3 is 10.0 Å². The lowest BCUT2D eigenvalue weighted by molar-refractivity contribution is -0.385. The van der Waals surface area contributed by atoms with E-state index < -0.39 is 10.8 Å². The highest BCUT2D eigenvalue weighted by molar-refractivity contribution is 6.32. The first-order chi connectivity index (χ1) is 9.01. The molecule has 1 N–H and O–H groups in total. The molecule has 0 bridgehead atoms. The maximum Gasteiger partial charge on any atom is 0.288 e. The van der Waals surface area contributed by atoms with Gasteiger partial charge in [-0.15, -0.1) is 0 Å². The molecule has 19 heavy (non-hydrogen) atoms. The number of rotatable bonds is 6. The van der Waals surface area contributed by atoms with Crippen LogP contribution in [-0.2, 0) is 0 Å². The van der Waals surface area contributed by atoms with E-state index in [1.54, 1.807) is 0 Å². The molecule has 1 amide bonds. The quantitative estimate of drug-likeness (QED) is 0.486. The zero-order valence-electron chi connectivity index (χ0n) is 10.4. The zero-order chi connectivity index (χ0) is 14.4. The van der Waals surface area contributed by atoms with Crippen LogP contribution < -0.4 is 0 Å². The van der Waals surface area contributed by atoms with Gasteiger partial charge in [0.2, 0.25) is 0 Å². The summed E-state index contributed by atoms with van der Waals surface area (Å²) < 4.78 is 0. The Kier molecular flexibility index (Phi) is 5.65. The topological polar surface area (TPSA) is 96.6 Å². The molecule has 0 aliphatic carbocycles. The summed E-state index contributed by atoms with van der Waals surface area (Å²) in [5.74, 6) is -0.475. The summed E-state index contributed by atoms with van der Waals surface area (Å²) in [5.41, 5.74) is -0.328. The van der Waals surface area contributed by atoms with Crippen molar-refractivity contribution in [2.24, 2.45) is 0 Å². The van der Waals surface area contributed by atoms with Crippen molar-refractivity contribution in [1.29, 1.82) is 0 Å². The van der Waals surface area contributed by atoms with Crippen molar-refractivity contribution in [2.45, 2.75) is 13.3 Å². The summed E-state index contributed by atoms with van der Waals surface area (Å²) in [6.07, 6.45) is 1.70. The van der Waals surface area contributed by atoms with Crippen LogP contribution in [0.5, 0.6) is 0 Å². The van der Waals surface area contributed by atoms with Crippen molar-refractivity contribution in [1.82, 2.24) is 9.88 Å². The van der Waals surface area contributed by atoms with Crippen molar-refractivity contribution < 1.29 is 14.8 Å². The molecular weight excluding hydrogens is 274 g/mol. The third kappa shape index (κ3) is 3.87. The lowest BCUT2D eigenvalue weighted by Gasteiger charge is -2.21. The minimum atomic E-state index is -0.643. The van der Waals surface area contributed by atoms with Crippen molar-refractivity contribution in [3.8, 4) is 0 Å². The maximum atomic E-state index is 12.2. The second kappa shape index (κ2) is 7.01. The van der Waals surface area contributed by atoms with E-state index in [4.69, 9.17) is 16.7 Å². The van der Waals surface area contributed by atoms with Gasteiger partial charge in [0.05, 0.1) is 17.1 Å². The molecule has 104 valence electrons. The lowest BCUT2D eigenvalue weighted by atomic mass is 10.2. The standard InChI is InChI=1S/C11H14ClN3O4/c1-2-3-14(4-5-16)11(17)9-6-8(15(18)19)7-13-10(9)12/h6-7,16H,2-5H2,1H3. The molecule has 1 heterocycles. The highest BCUT2D eigenvalue weighted by Crippen LogP contribution is 2.20. The zero-order valence-corrected chi connectivity index (χ0v) is 11.1. The van der Waals surface area contributed by atoms with E-state index in [0.29, 0.717) is 13.0 Å². The highest BCUT2D eigenvalue weighted by atomic mass is 35.5. The van der Waals surface area contributed by atoms with Crippen LogP contribution in [0.3, 0.4) is 0 Å². The summed E-state index contributed by atoms with van der Waals surface area (Å²) in [7, 11) is 0. The number of aromatic nitrogens is 1. The highest BCUT2D eigenvalue weighted by Gasteiger charge is 2.21. The fraction of sp³-hybridized carbons (Fsp3) is 0.455. The Morgan fingerprint density at radius 1 is 1.58 bits per heavy atom. The number of nitrogens with zero attached hydrogens (tertiary/aromatic N) is 3. The normalized spacial score (nSPS) is 10.3. The van der Waals surface area contributed by atoms with E-state index in [-0.39, 0.29) is 29.6 Å². The molecule has 0 fully saturated rings. The largest absolute Gasteiger partial charge is 0.395 e. The molecule has 0 saturated heterocycles. The van der Waals surface area contributed by atoms with Gasteiger partial charge >= 0.3 is 0 Å². The van der Waals surface area contributed by atoms with Crippen LogP contribution >= 0.6 is 11.6 Å². The summed E-state index contributed by atoms with van der Waals surface area (Å²) in [6, 6.07) is 1.09. The van der Waals surface area contributed by atoms with E-state index in [1.165, 1.54) is 4.90 Å². The average molecular weight is 288 g/mol. The molecule has 0 aromatic carbocycles. The Morgan fingerprint density at radius 2 is 2.26 bits per heavy atom. The van der Waals surface area contributed by atoms with Crippen LogP contribution in [0.2, 0.25) is 5.15 Å². The maximum absolute atomic E-state index is 12.2. The molecule has 1 rings (SSSR count). The Balaban J connectivity index is 3.08. The van der Waals surface area contributed by atoms with Gasteiger partial charge in [-0.3, -0.25) is 14.9 Å². The van der Waals surface area contributed by atoms with Crippen molar-refractivity contribution in [3.05, 3.63) is 33.1 Å². The molecular formula is C11H14ClN3O4. The number of amides is 1. The van der Waals surface area contributed by atoms with E-state index in [1.807, 2.05) is 6.92 Å². The van der Waals surface area contributed by atoms with Crippen LogP contribution in [0.15, 0.2) is 12.3 Å².